The number of carboxylic acid groups (broad SMARTS) is 1. The number of nitrogens with one attached hydrogen (secondary N) is 1. The average molecular weight is 254 g/mol. The molecule has 1 aromatic rings. The van der Waals surface area contributed by atoms with Crippen molar-refractivity contribution in [3.05, 3.63) is 29.6 Å². The largest absolute Gasteiger partial charge is 0.480 e. The van der Waals surface area contributed by atoms with Crippen molar-refractivity contribution < 1.29 is 14.3 Å². The third kappa shape index (κ3) is 4.33. The van der Waals surface area contributed by atoms with Crippen LogP contribution in [0.2, 0.25) is 0 Å². The zero-order valence-electron chi connectivity index (χ0n) is 10.9. The first-order valence-corrected chi connectivity index (χ1v) is 5.85. The first kappa shape index (κ1) is 14.4. The Balaban J connectivity index is 2.83. The molecule has 0 aliphatic rings. The lowest BCUT2D eigenvalue weighted by Crippen LogP contribution is -2.26. The topological polar surface area (TPSA) is 52.6 Å². The Bertz CT molecular complexity index is 421. The number of nitrogens with zero attached hydrogens (tertiary/aromatic N) is 1. The van der Waals surface area contributed by atoms with Gasteiger partial charge in [0.2, 0.25) is 0 Å². The summed E-state index contributed by atoms with van der Waals surface area (Å²) in [6.07, 6.45) is 0. The number of benzene rings is 1. The summed E-state index contributed by atoms with van der Waals surface area (Å²) in [4.78, 5) is 12.0. The van der Waals surface area contributed by atoms with Gasteiger partial charge >= 0.3 is 5.97 Å². The lowest BCUT2D eigenvalue weighted by molar-refractivity contribution is -0.135. The number of hydrogen-bond acceptors (Lipinski definition) is 3. The van der Waals surface area contributed by atoms with Gasteiger partial charge in [0, 0.05) is 19.6 Å². The predicted molar refractivity (Wildman–Crippen MR) is 69.3 cm³/mol. The number of hydrogen-bond donors (Lipinski definition) is 2. The van der Waals surface area contributed by atoms with E-state index < -0.39 is 11.8 Å². The van der Waals surface area contributed by atoms with Crippen LogP contribution in [0.25, 0.3) is 0 Å². The van der Waals surface area contributed by atoms with Gasteiger partial charge in [-0.05, 0) is 17.7 Å². The summed E-state index contributed by atoms with van der Waals surface area (Å²) in [7, 11) is 1.56. The maximum absolute atomic E-state index is 13.6. The van der Waals surface area contributed by atoms with Crippen LogP contribution < -0.4 is 10.2 Å². The third-order valence-corrected chi connectivity index (χ3v) is 2.51. The van der Waals surface area contributed by atoms with Crippen LogP contribution in [-0.2, 0) is 11.3 Å². The molecular formula is C13H19FN2O2. The fourth-order valence-corrected chi connectivity index (χ4v) is 1.57. The molecule has 5 heteroatoms. The van der Waals surface area contributed by atoms with E-state index in [2.05, 4.69) is 5.32 Å². The highest BCUT2D eigenvalue weighted by Gasteiger charge is 2.11. The number of anilines is 1. The van der Waals surface area contributed by atoms with Gasteiger partial charge in [0.15, 0.2) is 0 Å². The molecule has 2 N–H and O–H groups in total. The summed E-state index contributed by atoms with van der Waals surface area (Å²) in [5, 5.41) is 11.9. The minimum absolute atomic E-state index is 0.224. The molecule has 18 heavy (non-hydrogen) atoms. The van der Waals surface area contributed by atoms with Gasteiger partial charge < -0.3 is 15.3 Å². The zero-order valence-corrected chi connectivity index (χ0v) is 10.9. The SMILES string of the molecule is CC(C)NCc1ccc(F)c(N(C)CC(=O)O)c1. The average Bonchev–Trinajstić information content (AvgIpc) is 2.26. The Kier molecular flexibility index (Phi) is 5.09. The Morgan fingerprint density at radius 2 is 2.17 bits per heavy atom. The summed E-state index contributed by atoms with van der Waals surface area (Å²) in [5.74, 6) is -1.39. The highest BCUT2D eigenvalue weighted by molar-refractivity contribution is 5.73. The Morgan fingerprint density at radius 3 is 2.72 bits per heavy atom. The zero-order chi connectivity index (χ0) is 13.7. The normalized spacial score (nSPS) is 10.7. The minimum atomic E-state index is -0.984. The van der Waals surface area contributed by atoms with Crippen LogP contribution in [0.1, 0.15) is 19.4 Å². The van der Waals surface area contributed by atoms with Gasteiger partial charge in [-0.25, -0.2) is 4.39 Å². The van der Waals surface area contributed by atoms with Crippen LogP contribution in [0.3, 0.4) is 0 Å². The van der Waals surface area contributed by atoms with Crippen LogP contribution in [0.5, 0.6) is 0 Å². The van der Waals surface area contributed by atoms with Crippen LogP contribution in [-0.4, -0.2) is 30.7 Å². The van der Waals surface area contributed by atoms with Crippen molar-refractivity contribution in [1.82, 2.24) is 5.32 Å². The second kappa shape index (κ2) is 6.35. The van der Waals surface area contributed by atoms with Gasteiger partial charge in [-0.3, -0.25) is 4.79 Å². The number of halogens is 1. The minimum Gasteiger partial charge on any atom is -0.480 e. The standard InChI is InChI=1S/C13H19FN2O2/c1-9(2)15-7-10-4-5-11(14)12(6-10)16(3)8-13(17)18/h4-6,9,15H,7-8H2,1-3H3,(H,17,18). The molecule has 0 aromatic heterocycles. The molecule has 0 heterocycles. The van der Waals surface area contributed by atoms with Crippen LogP contribution in [0.4, 0.5) is 10.1 Å². The first-order chi connectivity index (χ1) is 8.40. The van der Waals surface area contributed by atoms with E-state index in [4.69, 9.17) is 5.11 Å². The van der Waals surface area contributed by atoms with Gasteiger partial charge in [0.05, 0.1) is 5.69 Å². The predicted octanol–water partition coefficient (Wildman–Crippen LogP) is 1.84. The summed E-state index contributed by atoms with van der Waals surface area (Å²) in [6.45, 7) is 4.46. The van der Waals surface area contributed by atoms with E-state index in [1.807, 2.05) is 13.8 Å². The molecule has 100 valence electrons. The molecule has 0 saturated carbocycles. The van der Waals surface area contributed by atoms with E-state index in [0.717, 1.165) is 5.56 Å². The van der Waals surface area contributed by atoms with Crippen molar-refractivity contribution in [2.45, 2.75) is 26.4 Å². The number of carbonyl (C=O) groups is 1. The quantitative estimate of drug-likeness (QED) is 0.813. The van der Waals surface area contributed by atoms with Gasteiger partial charge in [-0.1, -0.05) is 19.9 Å². The molecule has 0 spiro atoms. The fraction of sp³-hybridized carbons (Fsp3) is 0.462. The van der Waals surface area contributed by atoms with Crippen LogP contribution >= 0.6 is 0 Å². The Labute approximate surface area is 106 Å². The van der Waals surface area contributed by atoms with Crippen molar-refractivity contribution in [2.75, 3.05) is 18.5 Å². The van der Waals surface area contributed by atoms with Crippen molar-refractivity contribution in [2.24, 2.45) is 0 Å². The summed E-state index contributed by atoms with van der Waals surface area (Å²) in [6, 6.07) is 5.08. The van der Waals surface area contributed by atoms with E-state index in [0.29, 0.717) is 18.3 Å². The fourth-order valence-electron chi connectivity index (χ4n) is 1.57. The number of likely N-dealkylation sites (N-methyl/N-ethyl adjacent to an activating group) is 1. The summed E-state index contributed by atoms with van der Waals surface area (Å²) in [5.41, 5.74) is 1.23. The molecule has 0 aliphatic carbocycles. The van der Waals surface area contributed by atoms with Crippen molar-refractivity contribution in [3.8, 4) is 0 Å². The lowest BCUT2D eigenvalue weighted by Gasteiger charge is -2.19. The maximum Gasteiger partial charge on any atom is 0.323 e. The molecule has 0 bridgehead atoms. The second-order valence-corrected chi connectivity index (χ2v) is 4.57. The van der Waals surface area contributed by atoms with Crippen molar-refractivity contribution in [3.63, 3.8) is 0 Å². The molecule has 0 fully saturated rings. The first-order valence-electron chi connectivity index (χ1n) is 5.85. The number of rotatable bonds is 6. The Hall–Kier alpha value is -1.62. The van der Waals surface area contributed by atoms with E-state index in [-0.39, 0.29) is 6.54 Å². The Morgan fingerprint density at radius 1 is 1.50 bits per heavy atom. The molecule has 0 unspecified atom stereocenters. The van der Waals surface area contributed by atoms with E-state index >= 15 is 0 Å². The van der Waals surface area contributed by atoms with Crippen molar-refractivity contribution in [1.29, 1.82) is 0 Å². The smallest absolute Gasteiger partial charge is 0.323 e. The van der Waals surface area contributed by atoms with Crippen LogP contribution in [0.15, 0.2) is 18.2 Å². The molecule has 0 saturated heterocycles. The highest BCUT2D eigenvalue weighted by Crippen LogP contribution is 2.19. The van der Waals surface area contributed by atoms with Gasteiger partial charge in [0.25, 0.3) is 0 Å². The lowest BCUT2D eigenvalue weighted by atomic mass is 10.1. The number of carboxylic acids is 1. The van der Waals surface area contributed by atoms with Crippen molar-refractivity contribution >= 4 is 11.7 Å². The molecule has 1 rings (SSSR count). The third-order valence-electron chi connectivity index (χ3n) is 2.51. The van der Waals surface area contributed by atoms with Gasteiger partial charge in [0.1, 0.15) is 12.4 Å². The monoisotopic (exact) mass is 254 g/mol. The highest BCUT2D eigenvalue weighted by atomic mass is 19.1. The molecule has 0 atom stereocenters. The van der Waals surface area contributed by atoms with Crippen LogP contribution in [0, 0.1) is 5.82 Å². The molecule has 4 nitrogen and oxygen atoms in total. The van der Waals surface area contributed by atoms with Gasteiger partial charge in [-0.15, -0.1) is 0 Å². The van der Waals surface area contributed by atoms with E-state index in [1.54, 1.807) is 19.2 Å². The molecule has 1 aromatic carbocycles. The second-order valence-electron chi connectivity index (χ2n) is 4.57. The molecule has 0 radical (unpaired) electrons. The summed E-state index contributed by atoms with van der Waals surface area (Å²) >= 11 is 0. The maximum atomic E-state index is 13.6. The molecule has 0 aliphatic heterocycles. The molecular weight excluding hydrogens is 235 g/mol. The van der Waals surface area contributed by atoms with E-state index in [1.165, 1.54) is 11.0 Å². The molecule has 0 amide bonds. The van der Waals surface area contributed by atoms with E-state index in [9.17, 15) is 9.18 Å². The van der Waals surface area contributed by atoms with Gasteiger partial charge in [-0.2, -0.15) is 0 Å². The summed E-state index contributed by atoms with van der Waals surface area (Å²) < 4.78 is 13.6. The number of aliphatic carboxylic acids is 1.